The van der Waals surface area contributed by atoms with E-state index in [1.54, 1.807) is 11.3 Å². The predicted molar refractivity (Wildman–Crippen MR) is 78.8 cm³/mol. The summed E-state index contributed by atoms with van der Waals surface area (Å²) in [6.45, 7) is 3.71. The minimum absolute atomic E-state index is 0.303. The molecular formula is C15H20N2S. The van der Waals surface area contributed by atoms with Crippen LogP contribution in [-0.4, -0.2) is 18.5 Å². The Hall–Kier alpha value is -1.16. The van der Waals surface area contributed by atoms with Crippen LogP contribution in [0.15, 0.2) is 41.1 Å². The molecule has 0 saturated carbocycles. The highest BCUT2D eigenvalue weighted by atomic mass is 32.1. The lowest BCUT2D eigenvalue weighted by atomic mass is 10.1. The van der Waals surface area contributed by atoms with Gasteiger partial charge >= 0.3 is 0 Å². The Balaban J connectivity index is 2.08. The second-order valence-corrected chi connectivity index (χ2v) is 5.49. The Morgan fingerprint density at radius 3 is 2.78 bits per heavy atom. The maximum atomic E-state index is 5.91. The van der Waals surface area contributed by atoms with Crippen molar-refractivity contribution < 1.29 is 0 Å². The van der Waals surface area contributed by atoms with E-state index < -0.39 is 0 Å². The SMILES string of the molecule is Cc1cccc(CN(C)C(CN)c2ccsc2)c1. The third-order valence-electron chi connectivity index (χ3n) is 3.20. The topological polar surface area (TPSA) is 29.3 Å². The van der Waals surface area contributed by atoms with Crippen LogP contribution in [0.1, 0.15) is 22.7 Å². The molecule has 0 aliphatic rings. The number of likely N-dealkylation sites (N-methyl/N-ethyl adjacent to an activating group) is 1. The Morgan fingerprint density at radius 2 is 2.17 bits per heavy atom. The van der Waals surface area contributed by atoms with Gasteiger partial charge in [-0.05, 0) is 41.9 Å². The standard InChI is InChI=1S/C15H20N2S/c1-12-4-3-5-13(8-12)10-17(2)15(9-16)14-6-7-18-11-14/h3-8,11,15H,9-10,16H2,1-2H3. The minimum Gasteiger partial charge on any atom is -0.329 e. The van der Waals surface area contributed by atoms with Crippen LogP contribution in [0, 0.1) is 6.92 Å². The highest BCUT2D eigenvalue weighted by Crippen LogP contribution is 2.22. The Bertz CT molecular complexity index is 479. The molecule has 0 fully saturated rings. The van der Waals surface area contributed by atoms with Crippen LogP contribution < -0.4 is 5.73 Å². The smallest absolute Gasteiger partial charge is 0.0479 e. The van der Waals surface area contributed by atoms with Crippen LogP contribution in [0.4, 0.5) is 0 Å². The fraction of sp³-hybridized carbons (Fsp3) is 0.333. The molecule has 1 heterocycles. The molecule has 0 aliphatic heterocycles. The van der Waals surface area contributed by atoms with Crippen LogP contribution in [-0.2, 0) is 6.54 Å². The molecule has 0 aliphatic carbocycles. The lowest BCUT2D eigenvalue weighted by molar-refractivity contribution is 0.242. The van der Waals surface area contributed by atoms with Gasteiger partial charge in [0.2, 0.25) is 0 Å². The van der Waals surface area contributed by atoms with Crippen molar-refractivity contribution in [1.82, 2.24) is 4.90 Å². The zero-order chi connectivity index (χ0) is 13.0. The van der Waals surface area contributed by atoms with Gasteiger partial charge in [-0.1, -0.05) is 29.8 Å². The second-order valence-electron chi connectivity index (χ2n) is 4.71. The van der Waals surface area contributed by atoms with Crippen LogP contribution in [0.2, 0.25) is 0 Å². The van der Waals surface area contributed by atoms with Gasteiger partial charge in [0.05, 0.1) is 0 Å². The van der Waals surface area contributed by atoms with Crippen molar-refractivity contribution in [2.24, 2.45) is 5.73 Å². The highest BCUT2D eigenvalue weighted by molar-refractivity contribution is 7.07. The summed E-state index contributed by atoms with van der Waals surface area (Å²) in [5.41, 5.74) is 9.87. The zero-order valence-electron chi connectivity index (χ0n) is 11.0. The van der Waals surface area contributed by atoms with Gasteiger partial charge in [-0.3, -0.25) is 4.90 Å². The molecule has 0 bridgehead atoms. The molecule has 1 unspecified atom stereocenters. The lowest BCUT2D eigenvalue weighted by Crippen LogP contribution is -2.29. The van der Waals surface area contributed by atoms with Crippen LogP contribution >= 0.6 is 11.3 Å². The zero-order valence-corrected chi connectivity index (χ0v) is 11.8. The van der Waals surface area contributed by atoms with Crippen LogP contribution in [0.25, 0.3) is 0 Å². The summed E-state index contributed by atoms with van der Waals surface area (Å²) in [7, 11) is 2.14. The summed E-state index contributed by atoms with van der Waals surface area (Å²) in [6.07, 6.45) is 0. The summed E-state index contributed by atoms with van der Waals surface area (Å²) in [5.74, 6) is 0. The van der Waals surface area contributed by atoms with E-state index in [1.165, 1.54) is 16.7 Å². The lowest BCUT2D eigenvalue weighted by Gasteiger charge is -2.26. The average molecular weight is 260 g/mol. The van der Waals surface area contributed by atoms with E-state index in [0.717, 1.165) is 6.54 Å². The van der Waals surface area contributed by atoms with E-state index in [4.69, 9.17) is 5.73 Å². The molecule has 1 aromatic carbocycles. The molecule has 2 rings (SSSR count). The van der Waals surface area contributed by atoms with E-state index in [2.05, 4.69) is 60.0 Å². The van der Waals surface area contributed by atoms with E-state index in [0.29, 0.717) is 12.6 Å². The first-order chi connectivity index (χ1) is 8.70. The van der Waals surface area contributed by atoms with Gasteiger partial charge in [-0.25, -0.2) is 0 Å². The first-order valence-electron chi connectivity index (χ1n) is 6.18. The van der Waals surface area contributed by atoms with Crippen molar-refractivity contribution in [2.75, 3.05) is 13.6 Å². The number of benzene rings is 1. The molecule has 0 spiro atoms. The molecule has 0 saturated heterocycles. The van der Waals surface area contributed by atoms with E-state index in [1.807, 2.05) is 0 Å². The summed E-state index contributed by atoms with van der Waals surface area (Å²) >= 11 is 1.73. The van der Waals surface area contributed by atoms with E-state index in [9.17, 15) is 0 Å². The number of aryl methyl sites for hydroxylation is 1. The number of nitrogens with zero attached hydrogens (tertiary/aromatic N) is 1. The maximum absolute atomic E-state index is 5.91. The van der Waals surface area contributed by atoms with Crippen molar-refractivity contribution >= 4 is 11.3 Å². The van der Waals surface area contributed by atoms with Gasteiger partial charge in [-0.15, -0.1) is 0 Å². The minimum atomic E-state index is 0.303. The quantitative estimate of drug-likeness (QED) is 0.894. The molecule has 2 nitrogen and oxygen atoms in total. The molecule has 2 N–H and O–H groups in total. The molecule has 18 heavy (non-hydrogen) atoms. The number of thiophene rings is 1. The molecule has 0 amide bonds. The maximum Gasteiger partial charge on any atom is 0.0479 e. The Morgan fingerprint density at radius 1 is 1.33 bits per heavy atom. The highest BCUT2D eigenvalue weighted by Gasteiger charge is 2.15. The number of nitrogens with two attached hydrogens (primary N) is 1. The predicted octanol–water partition coefficient (Wildman–Crippen LogP) is 3.19. The normalized spacial score (nSPS) is 12.9. The first kappa shape index (κ1) is 13.3. The van der Waals surface area contributed by atoms with Crippen molar-refractivity contribution in [2.45, 2.75) is 19.5 Å². The molecule has 96 valence electrons. The van der Waals surface area contributed by atoms with Crippen LogP contribution in [0.3, 0.4) is 0 Å². The Labute approximate surface area is 113 Å². The second kappa shape index (κ2) is 6.14. The number of hydrogen-bond acceptors (Lipinski definition) is 3. The molecule has 1 aromatic heterocycles. The molecule has 1 atom stereocenters. The fourth-order valence-corrected chi connectivity index (χ4v) is 2.95. The number of hydrogen-bond donors (Lipinski definition) is 1. The van der Waals surface area contributed by atoms with Crippen molar-refractivity contribution in [3.63, 3.8) is 0 Å². The van der Waals surface area contributed by atoms with Gasteiger partial charge < -0.3 is 5.73 Å². The van der Waals surface area contributed by atoms with E-state index >= 15 is 0 Å². The number of rotatable bonds is 5. The summed E-state index contributed by atoms with van der Waals surface area (Å²) in [4.78, 5) is 2.32. The van der Waals surface area contributed by atoms with Gasteiger partial charge in [-0.2, -0.15) is 11.3 Å². The third kappa shape index (κ3) is 3.19. The third-order valence-corrected chi connectivity index (χ3v) is 3.90. The van der Waals surface area contributed by atoms with Gasteiger partial charge in [0.15, 0.2) is 0 Å². The molecule has 3 heteroatoms. The summed E-state index contributed by atoms with van der Waals surface area (Å²) in [5, 5.41) is 4.29. The van der Waals surface area contributed by atoms with Gasteiger partial charge in [0.25, 0.3) is 0 Å². The van der Waals surface area contributed by atoms with Gasteiger partial charge in [0, 0.05) is 19.1 Å². The molecule has 2 aromatic rings. The van der Waals surface area contributed by atoms with Gasteiger partial charge in [0.1, 0.15) is 0 Å². The Kier molecular flexibility index (Phi) is 4.53. The summed E-state index contributed by atoms with van der Waals surface area (Å²) < 4.78 is 0. The molecular weight excluding hydrogens is 240 g/mol. The van der Waals surface area contributed by atoms with Crippen molar-refractivity contribution in [3.05, 3.63) is 57.8 Å². The van der Waals surface area contributed by atoms with E-state index in [-0.39, 0.29) is 0 Å². The monoisotopic (exact) mass is 260 g/mol. The van der Waals surface area contributed by atoms with Crippen LogP contribution in [0.5, 0.6) is 0 Å². The molecule has 0 radical (unpaired) electrons. The average Bonchev–Trinajstić information content (AvgIpc) is 2.83. The van der Waals surface area contributed by atoms with Crippen molar-refractivity contribution in [1.29, 1.82) is 0 Å². The fourth-order valence-electron chi connectivity index (χ4n) is 2.24. The summed E-state index contributed by atoms with van der Waals surface area (Å²) in [6, 6.07) is 11.1. The first-order valence-corrected chi connectivity index (χ1v) is 7.13. The van der Waals surface area contributed by atoms with Crippen molar-refractivity contribution in [3.8, 4) is 0 Å². The largest absolute Gasteiger partial charge is 0.329 e.